The monoisotopic (exact) mass is 423 g/mol. The molecule has 2 aromatic carbocycles. The number of hydrogen-bond acceptors (Lipinski definition) is 5. The lowest BCUT2D eigenvalue weighted by Gasteiger charge is -2.32. The third-order valence-electron chi connectivity index (χ3n) is 6.05. The van der Waals surface area contributed by atoms with Crippen LogP contribution in [-0.2, 0) is 4.79 Å². The van der Waals surface area contributed by atoms with Crippen molar-refractivity contribution in [3.8, 4) is 11.3 Å². The van der Waals surface area contributed by atoms with Crippen LogP contribution in [0.1, 0.15) is 18.4 Å². The number of pyridine rings is 1. The van der Waals surface area contributed by atoms with E-state index in [1.54, 1.807) is 6.20 Å². The Morgan fingerprint density at radius 3 is 2.72 bits per heavy atom. The van der Waals surface area contributed by atoms with Gasteiger partial charge in [0.2, 0.25) is 5.91 Å². The van der Waals surface area contributed by atoms with Crippen LogP contribution in [0.4, 0.5) is 11.5 Å². The van der Waals surface area contributed by atoms with Gasteiger partial charge < -0.3 is 10.2 Å². The van der Waals surface area contributed by atoms with E-state index in [0.29, 0.717) is 6.54 Å². The standard InChI is InChI=1S/C26H25N5O/c1-18-7-2-4-10-22(18)24-12-13-25(30-29-24)31-14-6-9-20(17-31)26(32)28-21-15-19-8-3-5-11-23(19)27-16-21/h2-5,7-8,10-13,15-16,20H,6,9,14,17H2,1H3,(H,28,32). The van der Waals surface area contributed by atoms with E-state index in [2.05, 4.69) is 44.5 Å². The number of amides is 1. The van der Waals surface area contributed by atoms with Crippen LogP contribution in [0.5, 0.6) is 0 Å². The second kappa shape index (κ2) is 8.75. The molecule has 0 aliphatic carbocycles. The Bertz CT molecular complexity index is 1250. The quantitative estimate of drug-likeness (QED) is 0.508. The van der Waals surface area contributed by atoms with E-state index < -0.39 is 0 Å². The maximum absolute atomic E-state index is 13.0. The predicted molar refractivity (Wildman–Crippen MR) is 128 cm³/mol. The van der Waals surface area contributed by atoms with Gasteiger partial charge in [0.05, 0.1) is 29.0 Å². The van der Waals surface area contributed by atoms with Crippen molar-refractivity contribution in [2.45, 2.75) is 19.8 Å². The van der Waals surface area contributed by atoms with Crippen LogP contribution in [0.25, 0.3) is 22.2 Å². The molecular weight excluding hydrogens is 398 g/mol. The number of anilines is 2. The molecule has 160 valence electrons. The fourth-order valence-electron chi connectivity index (χ4n) is 4.28. The van der Waals surface area contributed by atoms with Gasteiger partial charge in [0.25, 0.3) is 0 Å². The highest BCUT2D eigenvalue weighted by atomic mass is 16.1. The van der Waals surface area contributed by atoms with Crippen LogP contribution in [0.2, 0.25) is 0 Å². The summed E-state index contributed by atoms with van der Waals surface area (Å²) in [6, 6.07) is 22.0. The summed E-state index contributed by atoms with van der Waals surface area (Å²) >= 11 is 0. The number of para-hydroxylation sites is 1. The van der Waals surface area contributed by atoms with E-state index in [9.17, 15) is 4.79 Å². The van der Waals surface area contributed by atoms with E-state index >= 15 is 0 Å². The normalized spacial score (nSPS) is 16.2. The van der Waals surface area contributed by atoms with Gasteiger partial charge >= 0.3 is 0 Å². The molecule has 1 saturated heterocycles. The lowest BCUT2D eigenvalue weighted by molar-refractivity contribution is -0.120. The number of aryl methyl sites for hydroxylation is 1. The maximum Gasteiger partial charge on any atom is 0.229 e. The van der Waals surface area contributed by atoms with Crippen molar-refractivity contribution in [1.29, 1.82) is 0 Å². The highest BCUT2D eigenvalue weighted by Gasteiger charge is 2.27. The van der Waals surface area contributed by atoms with Gasteiger partial charge in [-0.25, -0.2) is 0 Å². The summed E-state index contributed by atoms with van der Waals surface area (Å²) in [6.07, 6.45) is 3.52. The molecule has 6 heteroatoms. The van der Waals surface area contributed by atoms with Crippen molar-refractivity contribution >= 4 is 28.3 Å². The minimum absolute atomic E-state index is 0.0243. The number of fused-ring (bicyclic) bond motifs is 1. The summed E-state index contributed by atoms with van der Waals surface area (Å²) in [6.45, 7) is 3.58. The summed E-state index contributed by atoms with van der Waals surface area (Å²) in [5.41, 5.74) is 4.77. The SMILES string of the molecule is Cc1ccccc1-c1ccc(N2CCCC(C(=O)Nc3cnc4ccccc4c3)C2)nn1. The molecule has 0 bridgehead atoms. The number of carbonyl (C=O) groups excluding carboxylic acids is 1. The third kappa shape index (κ3) is 4.17. The average Bonchev–Trinajstić information content (AvgIpc) is 2.84. The molecule has 0 spiro atoms. The van der Waals surface area contributed by atoms with Crippen molar-refractivity contribution in [2.75, 3.05) is 23.3 Å². The lowest BCUT2D eigenvalue weighted by Crippen LogP contribution is -2.41. The van der Waals surface area contributed by atoms with E-state index in [-0.39, 0.29) is 11.8 Å². The van der Waals surface area contributed by atoms with Crippen molar-refractivity contribution < 1.29 is 4.79 Å². The molecule has 3 heterocycles. The first-order valence-electron chi connectivity index (χ1n) is 11.0. The molecule has 1 atom stereocenters. The molecule has 32 heavy (non-hydrogen) atoms. The first-order chi connectivity index (χ1) is 15.7. The van der Waals surface area contributed by atoms with Gasteiger partial charge in [-0.15, -0.1) is 10.2 Å². The zero-order valence-corrected chi connectivity index (χ0v) is 18.0. The number of aromatic nitrogens is 3. The molecule has 6 nitrogen and oxygen atoms in total. The summed E-state index contributed by atoms with van der Waals surface area (Å²) in [5, 5.41) is 13.0. The molecule has 1 amide bonds. The highest BCUT2D eigenvalue weighted by molar-refractivity contribution is 5.95. The fraction of sp³-hybridized carbons (Fsp3) is 0.231. The second-order valence-electron chi connectivity index (χ2n) is 8.28. The van der Waals surface area contributed by atoms with Gasteiger partial charge in [0.1, 0.15) is 0 Å². The summed E-state index contributed by atoms with van der Waals surface area (Å²) in [4.78, 5) is 19.5. The first kappa shape index (κ1) is 20.1. The van der Waals surface area contributed by atoms with E-state index in [1.165, 1.54) is 5.56 Å². The molecule has 0 saturated carbocycles. The molecule has 1 unspecified atom stereocenters. The summed E-state index contributed by atoms with van der Waals surface area (Å²) in [5.74, 6) is 0.733. The fourth-order valence-corrected chi connectivity index (χ4v) is 4.28. The van der Waals surface area contributed by atoms with E-state index in [4.69, 9.17) is 0 Å². The zero-order chi connectivity index (χ0) is 21.9. The molecule has 0 radical (unpaired) electrons. The predicted octanol–water partition coefficient (Wildman–Crippen LogP) is 4.86. The van der Waals surface area contributed by atoms with Gasteiger partial charge in [-0.2, -0.15) is 0 Å². The molecule has 1 aliphatic rings. The molecule has 1 aliphatic heterocycles. The Hall–Kier alpha value is -3.80. The Labute approximate surface area is 187 Å². The Morgan fingerprint density at radius 1 is 1.03 bits per heavy atom. The van der Waals surface area contributed by atoms with Crippen molar-refractivity contribution in [3.63, 3.8) is 0 Å². The molecule has 1 N–H and O–H groups in total. The number of hydrogen-bond donors (Lipinski definition) is 1. The van der Waals surface area contributed by atoms with Crippen LogP contribution < -0.4 is 10.2 Å². The number of nitrogens with one attached hydrogen (secondary N) is 1. The number of benzene rings is 2. The van der Waals surface area contributed by atoms with E-state index in [1.807, 2.05) is 54.6 Å². The Kier molecular flexibility index (Phi) is 5.50. The lowest BCUT2D eigenvalue weighted by atomic mass is 9.97. The topological polar surface area (TPSA) is 71.0 Å². The van der Waals surface area contributed by atoms with Gasteiger partial charge in [-0.1, -0.05) is 42.5 Å². The van der Waals surface area contributed by atoms with Crippen LogP contribution >= 0.6 is 0 Å². The average molecular weight is 424 g/mol. The number of rotatable bonds is 4. The number of nitrogens with zero attached hydrogens (tertiary/aromatic N) is 4. The largest absolute Gasteiger partial charge is 0.354 e. The van der Waals surface area contributed by atoms with Crippen molar-refractivity contribution in [3.05, 3.63) is 78.5 Å². The van der Waals surface area contributed by atoms with Crippen LogP contribution in [-0.4, -0.2) is 34.2 Å². The first-order valence-corrected chi connectivity index (χ1v) is 11.0. The van der Waals surface area contributed by atoms with Crippen LogP contribution in [0.15, 0.2) is 72.9 Å². The van der Waals surface area contributed by atoms with Crippen molar-refractivity contribution in [2.24, 2.45) is 5.92 Å². The highest BCUT2D eigenvalue weighted by Crippen LogP contribution is 2.26. The Balaban J connectivity index is 1.27. The van der Waals surface area contributed by atoms with Gasteiger partial charge in [-0.3, -0.25) is 9.78 Å². The van der Waals surface area contributed by atoms with Gasteiger partial charge in [-0.05, 0) is 49.6 Å². The minimum Gasteiger partial charge on any atom is -0.354 e. The smallest absolute Gasteiger partial charge is 0.229 e. The minimum atomic E-state index is -0.104. The van der Waals surface area contributed by atoms with Gasteiger partial charge in [0, 0.05) is 24.0 Å². The summed E-state index contributed by atoms with van der Waals surface area (Å²) in [7, 11) is 0. The van der Waals surface area contributed by atoms with Crippen LogP contribution in [0, 0.1) is 12.8 Å². The maximum atomic E-state index is 13.0. The summed E-state index contributed by atoms with van der Waals surface area (Å²) < 4.78 is 0. The molecular formula is C26H25N5O. The zero-order valence-electron chi connectivity index (χ0n) is 18.0. The number of piperidine rings is 1. The molecule has 5 rings (SSSR count). The van der Waals surface area contributed by atoms with Gasteiger partial charge in [0.15, 0.2) is 5.82 Å². The second-order valence-corrected chi connectivity index (χ2v) is 8.28. The third-order valence-corrected chi connectivity index (χ3v) is 6.05. The molecule has 4 aromatic rings. The van der Waals surface area contributed by atoms with Crippen LogP contribution in [0.3, 0.4) is 0 Å². The van der Waals surface area contributed by atoms with E-state index in [0.717, 1.165) is 53.1 Å². The Morgan fingerprint density at radius 2 is 1.88 bits per heavy atom. The molecule has 2 aromatic heterocycles. The number of carbonyl (C=O) groups is 1. The van der Waals surface area contributed by atoms with Crippen molar-refractivity contribution in [1.82, 2.24) is 15.2 Å². The molecule has 1 fully saturated rings.